The fraction of sp³-hybridized carbons (Fsp3) is 0.0385. The molecule has 3 aromatic carbocycles. The number of fused-ring (bicyclic) bond motifs is 1. The first-order valence-corrected chi connectivity index (χ1v) is 13.1. The number of nitrogens with zero attached hydrogens (tertiary/aromatic N) is 1. The number of thiophene rings is 1. The molecular formula is C26H17F3N2O4S2. The maximum atomic E-state index is 13.0. The smallest absolute Gasteiger partial charge is 0.416 e. The van der Waals surface area contributed by atoms with Crippen LogP contribution in [0.1, 0.15) is 15.2 Å². The summed E-state index contributed by atoms with van der Waals surface area (Å²) in [6.07, 6.45) is -2.63. The molecule has 0 saturated carbocycles. The van der Waals surface area contributed by atoms with Crippen LogP contribution >= 0.6 is 11.3 Å². The predicted octanol–water partition coefficient (Wildman–Crippen LogP) is 6.88. The van der Waals surface area contributed by atoms with Crippen LogP contribution in [0.4, 0.5) is 18.9 Å². The second kappa shape index (κ2) is 9.09. The lowest BCUT2D eigenvalue weighted by Gasteiger charge is -2.12. The van der Waals surface area contributed by atoms with E-state index in [9.17, 15) is 31.5 Å². The molecule has 5 rings (SSSR count). The van der Waals surface area contributed by atoms with Gasteiger partial charge in [0.2, 0.25) is 0 Å². The van der Waals surface area contributed by atoms with Crippen molar-refractivity contribution < 1.29 is 31.5 Å². The van der Waals surface area contributed by atoms with Gasteiger partial charge in [0, 0.05) is 17.3 Å². The number of alkyl halides is 3. The zero-order chi connectivity index (χ0) is 26.4. The summed E-state index contributed by atoms with van der Waals surface area (Å²) in [5.41, 5.74) is 2.29. The molecule has 6 nitrogen and oxygen atoms in total. The molecule has 0 radical (unpaired) electrons. The maximum Gasteiger partial charge on any atom is 0.416 e. The van der Waals surface area contributed by atoms with Gasteiger partial charge in [0.1, 0.15) is 9.77 Å². The highest BCUT2D eigenvalue weighted by Crippen LogP contribution is 2.35. The molecule has 0 atom stereocenters. The summed E-state index contributed by atoms with van der Waals surface area (Å²) in [5.74, 6) is -1.33. The molecule has 0 aliphatic rings. The summed E-state index contributed by atoms with van der Waals surface area (Å²) in [5, 5.41) is 11.5. The SMILES string of the molecule is O=C(O)c1sccc1S(=O)(=O)Nc1cccc(-n2ccc3c(-c4ccc(C(F)(F)F)cc4)cccc32)c1. The second-order valence-corrected chi connectivity index (χ2v) is 10.6. The molecule has 188 valence electrons. The number of rotatable bonds is 6. The number of hydrogen-bond donors (Lipinski definition) is 2. The maximum absolute atomic E-state index is 13.0. The van der Waals surface area contributed by atoms with Crippen molar-refractivity contribution in [2.75, 3.05) is 4.72 Å². The Morgan fingerprint density at radius 2 is 1.68 bits per heavy atom. The molecule has 0 unspecified atom stereocenters. The summed E-state index contributed by atoms with van der Waals surface area (Å²) in [6, 6.07) is 20.1. The monoisotopic (exact) mass is 542 g/mol. The van der Waals surface area contributed by atoms with Crippen LogP contribution in [0.3, 0.4) is 0 Å². The van der Waals surface area contributed by atoms with Gasteiger partial charge in [-0.25, -0.2) is 13.2 Å². The minimum Gasteiger partial charge on any atom is -0.477 e. The average molecular weight is 543 g/mol. The van der Waals surface area contributed by atoms with Crippen LogP contribution in [0.5, 0.6) is 0 Å². The zero-order valence-electron chi connectivity index (χ0n) is 18.7. The molecule has 0 spiro atoms. The molecule has 0 saturated heterocycles. The van der Waals surface area contributed by atoms with E-state index in [4.69, 9.17) is 0 Å². The number of nitrogens with one attached hydrogen (secondary N) is 1. The van der Waals surface area contributed by atoms with Crippen molar-refractivity contribution in [2.45, 2.75) is 11.1 Å². The highest BCUT2D eigenvalue weighted by atomic mass is 32.2. The molecule has 0 fully saturated rings. The van der Waals surface area contributed by atoms with Gasteiger partial charge >= 0.3 is 12.1 Å². The summed E-state index contributed by atoms with van der Waals surface area (Å²) in [6.45, 7) is 0. The number of aromatic nitrogens is 1. The van der Waals surface area contributed by atoms with Crippen LogP contribution in [0.2, 0.25) is 0 Å². The Kier molecular flexibility index (Phi) is 6.04. The lowest BCUT2D eigenvalue weighted by molar-refractivity contribution is -0.137. The van der Waals surface area contributed by atoms with Crippen LogP contribution in [0.15, 0.2) is 95.3 Å². The van der Waals surface area contributed by atoms with E-state index in [2.05, 4.69) is 4.72 Å². The number of carboxylic acid groups (broad SMARTS) is 1. The van der Waals surface area contributed by atoms with E-state index < -0.39 is 27.7 Å². The fourth-order valence-electron chi connectivity index (χ4n) is 4.08. The molecule has 5 aromatic rings. The van der Waals surface area contributed by atoms with Gasteiger partial charge in [0.15, 0.2) is 0 Å². The number of carboxylic acids is 1. The first-order valence-electron chi connectivity index (χ1n) is 10.8. The average Bonchev–Trinajstić information content (AvgIpc) is 3.52. The minimum absolute atomic E-state index is 0.237. The standard InChI is InChI=1S/C26H17F3N2O4S2/c27-26(28,29)17-9-7-16(8-10-17)20-5-2-6-22-21(20)11-13-31(22)19-4-1-3-18(15-19)30-37(34,35)23-12-14-36-24(23)25(32)33/h1-15,30H,(H,32,33). The van der Waals surface area contributed by atoms with Gasteiger partial charge in [0.25, 0.3) is 10.0 Å². The summed E-state index contributed by atoms with van der Waals surface area (Å²) in [4.78, 5) is 10.8. The third-order valence-electron chi connectivity index (χ3n) is 5.75. The van der Waals surface area contributed by atoms with Crippen molar-refractivity contribution >= 4 is 43.9 Å². The molecule has 0 bridgehead atoms. The second-order valence-electron chi connectivity index (χ2n) is 8.07. The zero-order valence-corrected chi connectivity index (χ0v) is 20.4. The molecule has 2 aromatic heterocycles. The van der Waals surface area contributed by atoms with Crippen LogP contribution in [-0.2, 0) is 16.2 Å². The molecule has 0 amide bonds. The summed E-state index contributed by atoms with van der Waals surface area (Å²) >= 11 is 0.821. The number of carbonyl (C=O) groups is 1. The Bertz CT molecular complexity index is 1740. The lowest BCUT2D eigenvalue weighted by atomic mass is 10.0. The fourth-order valence-corrected chi connectivity index (χ4v) is 6.39. The van der Waals surface area contributed by atoms with Crippen molar-refractivity contribution in [3.05, 3.63) is 101 Å². The third kappa shape index (κ3) is 4.70. The van der Waals surface area contributed by atoms with Crippen LogP contribution < -0.4 is 4.72 Å². The number of aromatic carboxylic acids is 1. The number of sulfonamides is 1. The van der Waals surface area contributed by atoms with Crippen molar-refractivity contribution in [3.8, 4) is 16.8 Å². The van der Waals surface area contributed by atoms with E-state index in [1.54, 1.807) is 36.5 Å². The minimum atomic E-state index is -4.42. The van der Waals surface area contributed by atoms with Gasteiger partial charge < -0.3 is 9.67 Å². The number of halogens is 3. The first kappa shape index (κ1) is 24.6. The Balaban J connectivity index is 1.50. The molecule has 0 aliphatic carbocycles. The molecular weight excluding hydrogens is 525 g/mol. The van der Waals surface area contributed by atoms with E-state index >= 15 is 0 Å². The Morgan fingerprint density at radius 3 is 2.38 bits per heavy atom. The molecule has 37 heavy (non-hydrogen) atoms. The molecule has 11 heteroatoms. The topological polar surface area (TPSA) is 88.4 Å². The van der Waals surface area contributed by atoms with E-state index in [0.717, 1.165) is 39.9 Å². The van der Waals surface area contributed by atoms with Crippen molar-refractivity contribution in [3.63, 3.8) is 0 Å². The quantitative estimate of drug-likeness (QED) is 0.245. The normalized spacial score (nSPS) is 12.1. The number of hydrogen-bond acceptors (Lipinski definition) is 4. The van der Waals surface area contributed by atoms with Crippen molar-refractivity contribution in [1.29, 1.82) is 0 Å². The van der Waals surface area contributed by atoms with Gasteiger partial charge in [0.05, 0.1) is 16.8 Å². The van der Waals surface area contributed by atoms with Crippen molar-refractivity contribution in [1.82, 2.24) is 4.57 Å². The lowest BCUT2D eigenvalue weighted by Crippen LogP contribution is -2.15. The highest BCUT2D eigenvalue weighted by Gasteiger charge is 2.30. The van der Waals surface area contributed by atoms with Gasteiger partial charge in [-0.15, -0.1) is 11.3 Å². The summed E-state index contributed by atoms with van der Waals surface area (Å²) < 4.78 is 68.8. The van der Waals surface area contributed by atoms with E-state index in [-0.39, 0.29) is 15.5 Å². The van der Waals surface area contributed by atoms with Crippen LogP contribution in [-0.4, -0.2) is 24.1 Å². The summed E-state index contributed by atoms with van der Waals surface area (Å²) in [7, 11) is -4.14. The highest BCUT2D eigenvalue weighted by molar-refractivity contribution is 7.93. The van der Waals surface area contributed by atoms with Crippen LogP contribution in [0, 0.1) is 0 Å². The largest absolute Gasteiger partial charge is 0.477 e. The van der Waals surface area contributed by atoms with E-state index in [1.165, 1.54) is 23.6 Å². The Labute approximate surface area is 213 Å². The van der Waals surface area contributed by atoms with Gasteiger partial charge in [-0.3, -0.25) is 4.72 Å². The van der Waals surface area contributed by atoms with Gasteiger partial charge in [-0.05, 0) is 65.0 Å². The molecule has 0 aliphatic heterocycles. The van der Waals surface area contributed by atoms with E-state index in [0.29, 0.717) is 11.3 Å². The number of anilines is 1. The molecule has 2 N–H and O–H groups in total. The van der Waals surface area contributed by atoms with Crippen molar-refractivity contribution in [2.24, 2.45) is 0 Å². The van der Waals surface area contributed by atoms with Gasteiger partial charge in [-0.1, -0.05) is 30.3 Å². The third-order valence-corrected chi connectivity index (χ3v) is 8.20. The Morgan fingerprint density at radius 1 is 0.946 bits per heavy atom. The Hall–Kier alpha value is -4.09. The van der Waals surface area contributed by atoms with E-state index in [1.807, 2.05) is 22.8 Å². The molecule has 2 heterocycles. The predicted molar refractivity (Wildman–Crippen MR) is 136 cm³/mol. The first-order chi connectivity index (χ1) is 17.5. The van der Waals surface area contributed by atoms with Gasteiger partial charge in [-0.2, -0.15) is 13.2 Å². The van der Waals surface area contributed by atoms with Crippen LogP contribution in [0.25, 0.3) is 27.7 Å². The number of benzene rings is 3.